The maximum Gasteiger partial charge on any atom is 0.265 e. The number of hydrogen-bond acceptors (Lipinski definition) is 6. The molecule has 0 saturated carbocycles. The first-order valence-corrected chi connectivity index (χ1v) is 13.7. The van der Waals surface area contributed by atoms with E-state index in [1.165, 1.54) is 30.5 Å². The van der Waals surface area contributed by atoms with Gasteiger partial charge in [0, 0.05) is 35.7 Å². The highest BCUT2D eigenvalue weighted by molar-refractivity contribution is 7.90. The summed E-state index contributed by atoms with van der Waals surface area (Å²) in [5, 5.41) is 0.548. The molecule has 11 heteroatoms. The molecule has 2 heterocycles. The van der Waals surface area contributed by atoms with Crippen LogP contribution < -0.4 is 4.72 Å². The molecule has 4 rings (SSSR count). The quantitative estimate of drug-likeness (QED) is 0.344. The van der Waals surface area contributed by atoms with Gasteiger partial charge in [-0.3, -0.25) is 14.8 Å². The second kappa shape index (κ2) is 11.5. The molecule has 0 aliphatic heterocycles. The number of carbonyl (C=O) groups excluding carboxylic acids is 1. The van der Waals surface area contributed by atoms with E-state index >= 15 is 0 Å². The van der Waals surface area contributed by atoms with Gasteiger partial charge in [-0.15, -0.1) is 0 Å². The number of nitrogens with one attached hydrogen (secondary N) is 1. The van der Waals surface area contributed by atoms with E-state index in [4.69, 9.17) is 11.6 Å². The predicted molar refractivity (Wildman–Crippen MR) is 137 cm³/mol. The number of pyridine rings is 2. The van der Waals surface area contributed by atoms with Gasteiger partial charge in [0.15, 0.2) is 0 Å². The molecule has 2 aromatic carbocycles. The normalized spacial score (nSPS) is 12.3. The summed E-state index contributed by atoms with van der Waals surface area (Å²) in [4.78, 5) is 21.1. The summed E-state index contributed by atoms with van der Waals surface area (Å²) in [7, 11) is -5.55. The van der Waals surface area contributed by atoms with Crippen molar-refractivity contribution in [3.05, 3.63) is 119 Å². The van der Waals surface area contributed by atoms with E-state index < -0.39 is 26.9 Å². The van der Waals surface area contributed by atoms with Gasteiger partial charge in [-0.2, -0.15) is 0 Å². The third kappa shape index (κ3) is 6.61. The molecule has 1 atom stereocenters. The van der Waals surface area contributed by atoms with Crippen molar-refractivity contribution in [2.75, 3.05) is 0 Å². The van der Waals surface area contributed by atoms with Gasteiger partial charge < -0.3 is 0 Å². The van der Waals surface area contributed by atoms with Crippen LogP contribution in [0.1, 0.15) is 21.6 Å². The Morgan fingerprint density at radius 2 is 1.67 bits per heavy atom. The van der Waals surface area contributed by atoms with E-state index in [9.17, 15) is 17.4 Å². The number of halogens is 1. The van der Waals surface area contributed by atoms with Crippen LogP contribution in [0.15, 0.2) is 107 Å². The molecule has 184 valence electrons. The highest BCUT2D eigenvalue weighted by Gasteiger charge is 2.20. The van der Waals surface area contributed by atoms with Crippen LogP contribution in [0.5, 0.6) is 0 Å². The fourth-order valence-corrected chi connectivity index (χ4v) is 5.50. The summed E-state index contributed by atoms with van der Waals surface area (Å²) in [5.74, 6) is -0.763. The molecule has 1 amide bonds. The Morgan fingerprint density at radius 3 is 2.31 bits per heavy atom. The third-order valence-corrected chi connectivity index (χ3v) is 8.03. The zero-order valence-electron chi connectivity index (χ0n) is 18.8. The Labute approximate surface area is 216 Å². The number of sulfonamides is 1. The smallest absolute Gasteiger partial charge is 0.265 e. The maximum absolute atomic E-state index is 13.4. The molecule has 0 fully saturated rings. The number of rotatable bonds is 9. The Kier molecular flexibility index (Phi) is 8.21. The van der Waals surface area contributed by atoms with Crippen molar-refractivity contribution < 1.29 is 17.4 Å². The summed E-state index contributed by atoms with van der Waals surface area (Å²) in [6.07, 6.45) is 4.28. The van der Waals surface area contributed by atoms with Crippen LogP contribution in [0.2, 0.25) is 5.02 Å². The SMILES string of the molecule is O=C(NS(=O)(=O)c1cccnc1)c1ccc(CN(Cc2ccccn2)S(=O)c2ccc(Cl)cc2)cc1. The lowest BCUT2D eigenvalue weighted by Crippen LogP contribution is -2.30. The van der Waals surface area contributed by atoms with Crippen molar-refractivity contribution in [2.45, 2.75) is 22.9 Å². The van der Waals surface area contributed by atoms with Crippen LogP contribution in [0.3, 0.4) is 0 Å². The fourth-order valence-electron chi connectivity index (χ4n) is 3.26. The van der Waals surface area contributed by atoms with E-state index in [1.807, 2.05) is 22.9 Å². The minimum atomic E-state index is -4.04. The molecule has 4 aromatic rings. The van der Waals surface area contributed by atoms with E-state index in [1.54, 1.807) is 46.9 Å². The average Bonchev–Trinajstić information content (AvgIpc) is 2.89. The maximum atomic E-state index is 13.4. The van der Waals surface area contributed by atoms with E-state index in [0.29, 0.717) is 23.0 Å². The second-order valence-corrected chi connectivity index (χ2v) is 11.2. The van der Waals surface area contributed by atoms with Crippen molar-refractivity contribution in [1.82, 2.24) is 19.0 Å². The number of aromatic nitrogens is 2. The fraction of sp³-hybridized carbons (Fsp3) is 0.0800. The molecule has 8 nitrogen and oxygen atoms in total. The topological polar surface area (TPSA) is 109 Å². The third-order valence-electron chi connectivity index (χ3n) is 5.06. The molecular weight excluding hydrogens is 520 g/mol. The standard InChI is InChI=1S/C25H21ClN4O4S2/c26-21-10-12-23(13-11-21)35(32)30(18-22-4-1-2-15-28-22)17-19-6-8-20(9-7-19)25(31)29-36(33,34)24-5-3-14-27-16-24/h1-16H,17-18H2,(H,29,31). The molecule has 0 saturated heterocycles. The molecule has 0 bridgehead atoms. The number of amides is 1. The van der Waals surface area contributed by atoms with Crippen LogP contribution in [0.4, 0.5) is 0 Å². The first-order chi connectivity index (χ1) is 17.3. The Morgan fingerprint density at radius 1 is 0.917 bits per heavy atom. The van der Waals surface area contributed by atoms with E-state index in [-0.39, 0.29) is 10.5 Å². The van der Waals surface area contributed by atoms with E-state index in [0.717, 1.165) is 17.5 Å². The number of benzene rings is 2. The lowest BCUT2D eigenvalue weighted by atomic mass is 10.1. The molecule has 2 aromatic heterocycles. The van der Waals surface area contributed by atoms with Crippen LogP contribution in [0.25, 0.3) is 0 Å². The van der Waals surface area contributed by atoms with Crippen molar-refractivity contribution in [3.8, 4) is 0 Å². The van der Waals surface area contributed by atoms with Gasteiger partial charge in [-0.25, -0.2) is 21.7 Å². The van der Waals surface area contributed by atoms with Crippen LogP contribution in [0, 0.1) is 0 Å². The molecule has 0 aliphatic carbocycles. The molecule has 0 radical (unpaired) electrons. The van der Waals surface area contributed by atoms with Crippen molar-refractivity contribution in [3.63, 3.8) is 0 Å². The minimum absolute atomic E-state index is 0.107. The largest absolute Gasteiger partial charge is 0.268 e. The monoisotopic (exact) mass is 540 g/mol. The Balaban J connectivity index is 1.51. The molecule has 1 unspecified atom stereocenters. The average molecular weight is 541 g/mol. The highest BCUT2D eigenvalue weighted by atomic mass is 35.5. The predicted octanol–water partition coefficient (Wildman–Crippen LogP) is 3.97. The van der Waals surface area contributed by atoms with Crippen LogP contribution in [-0.4, -0.2) is 32.8 Å². The van der Waals surface area contributed by atoms with Gasteiger partial charge in [0.25, 0.3) is 15.9 Å². The number of nitrogens with zero attached hydrogens (tertiary/aromatic N) is 3. The van der Waals surface area contributed by atoms with Crippen molar-refractivity contribution >= 4 is 38.5 Å². The number of hydrogen-bond donors (Lipinski definition) is 1. The first kappa shape index (κ1) is 25.6. The summed E-state index contributed by atoms with van der Waals surface area (Å²) in [5.41, 5.74) is 1.69. The van der Waals surface area contributed by atoms with Crippen molar-refractivity contribution in [2.24, 2.45) is 0 Å². The zero-order chi connectivity index (χ0) is 25.5. The second-order valence-electron chi connectivity index (χ2n) is 7.64. The minimum Gasteiger partial charge on any atom is -0.268 e. The van der Waals surface area contributed by atoms with Crippen molar-refractivity contribution in [1.29, 1.82) is 0 Å². The van der Waals surface area contributed by atoms with Gasteiger partial charge in [0.05, 0.1) is 17.1 Å². The molecular formula is C25H21ClN4O4S2. The van der Waals surface area contributed by atoms with Crippen LogP contribution >= 0.6 is 11.6 Å². The molecule has 1 N–H and O–H groups in total. The van der Waals surface area contributed by atoms with E-state index in [2.05, 4.69) is 9.97 Å². The Hall–Kier alpha value is -3.44. The Bertz CT molecular complexity index is 1450. The zero-order valence-corrected chi connectivity index (χ0v) is 21.2. The lowest BCUT2D eigenvalue weighted by Gasteiger charge is -2.21. The van der Waals surface area contributed by atoms with Gasteiger partial charge in [0.1, 0.15) is 15.9 Å². The van der Waals surface area contributed by atoms with Gasteiger partial charge in [0.2, 0.25) is 0 Å². The number of carbonyl (C=O) groups is 1. The summed E-state index contributed by atoms with van der Waals surface area (Å²) in [6.45, 7) is 0.614. The van der Waals surface area contributed by atoms with Crippen LogP contribution in [-0.2, 0) is 34.1 Å². The van der Waals surface area contributed by atoms with Gasteiger partial charge in [-0.05, 0) is 66.2 Å². The molecule has 36 heavy (non-hydrogen) atoms. The first-order valence-electron chi connectivity index (χ1n) is 10.7. The van der Waals surface area contributed by atoms with Gasteiger partial charge >= 0.3 is 0 Å². The summed E-state index contributed by atoms with van der Waals surface area (Å²) < 4.78 is 42.0. The summed E-state index contributed by atoms with van der Waals surface area (Å²) >= 11 is 5.97. The highest BCUT2D eigenvalue weighted by Crippen LogP contribution is 2.20. The van der Waals surface area contributed by atoms with Gasteiger partial charge in [-0.1, -0.05) is 29.8 Å². The summed E-state index contributed by atoms with van der Waals surface area (Å²) in [6, 6.07) is 21.5. The molecule has 0 aliphatic rings. The lowest BCUT2D eigenvalue weighted by molar-refractivity contribution is 0.0981. The molecule has 0 spiro atoms.